The minimum absolute atomic E-state index is 0.00863. The molecule has 0 atom stereocenters. The third kappa shape index (κ3) is 3.06. The molecule has 102 valence electrons. The van der Waals surface area contributed by atoms with Crippen molar-refractivity contribution in [2.75, 3.05) is 33.0 Å². The minimum Gasteiger partial charge on any atom is -0.492 e. The topological polar surface area (TPSA) is 71.3 Å². The van der Waals surface area contributed by atoms with Crippen LogP contribution in [0.2, 0.25) is 0 Å². The summed E-state index contributed by atoms with van der Waals surface area (Å²) in [5, 5.41) is 0.894. The molecule has 2 rings (SSSR count). The predicted molar refractivity (Wildman–Crippen MR) is 76.8 cm³/mol. The molecule has 1 heterocycles. The molecule has 0 aliphatic rings. The molecule has 19 heavy (non-hydrogen) atoms. The number of rotatable bonds is 5. The molecule has 0 bridgehead atoms. The molecule has 0 saturated carbocycles. The number of ketones is 1. The molecule has 0 fully saturated rings. The van der Waals surface area contributed by atoms with E-state index in [1.165, 1.54) is 6.92 Å². The first-order valence-corrected chi connectivity index (χ1v) is 6.18. The van der Waals surface area contributed by atoms with Crippen molar-refractivity contribution in [1.82, 2.24) is 9.88 Å². The first-order chi connectivity index (χ1) is 8.97. The highest BCUT2D eigenvalue weighted by molar-refractivity contribution is 6.01. The van der Waals surface area contributed by atoms with Gasteiger partial charge in [-0.15, -0.1) is 0 Å². The van der Waals surface area contributed by atoms with E-state index in [9.17, 15) is 4.79 Å². The van der Waals surface area contributed by atoms with Gasteiger partial charge in [0.1, 0.15) is 12.4 Å². The number of carbonyl (C=O) groups is 1. The van der Waals surface area contributed by atoms with E-state index < -0.39 is 0 Å². The van der Waals surface area contributed by atoms with Gasteiger partial charge in [0.15, 0.2) is 5.78 Å². The Labute approximate surface area is 112 Å². The summed E-state index contributed by atoms with van der Waals surface area (Å²) in [6.45, 7) is 2.96. The van der Waals surface area contributed by atoms with Crippen molar-refractivity contribution < 1.29 is 9.53 Å². The number of ether oxygens (including phenoxy) is 1. The molecule has 0 saturated heterocycles. The number of aromatic nitrogens is 1. The number of nitrogens with one attached hydrogen (secondary N) is 1. The molecule has 0 unspecified atom stereocenters. The van der Waals surface area contributed by atoms with Gasteiger partial charge in [-0.1, -0.05) is 0 Å². The van der Waals surface area contributed by atoms with Gasteiger partial charge in [0.25, 0.3) is 0 Å². The Hall–Kier alpha value is -2.01. The van der Waals surface area contributed by atoms with Gasteiger partial charge in [-0.25, -0.2) is 0 Å². The number of nitrogens with zero attached hydrogens (tertiary/aromatic N) is 1. The van der Waals surface area contributed by atoms with Gasteiger partial charge in [-0.2, -0.15) is 0 Å². The number of aromatic amines is 1. The fraction of sp³-hybridized carbons (Fsp3) is 0.357. The van der Waals surface area contributed by atoms with Gasteiger partial charge in [-0.3, -0.25) is 4.79 Å². The average molecular weight is 261 g/mol. The van der Waals surface area contributed by atoms with Crippen molar-refractivity contribution in [1.29, 1.82) is 0 Å². The van der Waals surface area contributed by atoms with Crippen LogP contribution in [-0.2, 0) is 0 Å². The van der Waals surface area contributed by atoms with Crippen molar-refractivity contribution in [2.45, 2.75) is 6.92 Å². The van der Waals surface area contributed by atoms with E-state index >= 15 is 0 Å². The summed E-state index contributed by atoms with van der Waals surface area (Å²) < 4.78 is 5.66. The first kappa shape index (κ1) is 13.4. The zero-order chi connectivity index (χ0) is 14.0. The summed E-state index contributed by atoms with van der Waals surface area (Å²) in [5.74, 6) is 0.714. The largest absolute Gasteiger partial charge is 0.492 e. The second-order valence-electron chi connectivity index (χ2n) is 4.87. The second kappa shape index (κ2) is 5.32. The summed E-state index contributed by atoms with van der Waals surface area (Å²) in [7, 11) is 3.98. The van der Waals surface area contributed by atoms with Gasteiger partial charge >= 0.3 is 0 Å². The summed E-state index contributed by atoms with van der Waals surface area (Å²) in [6, 6.07) is 5.47. The zero-order valence-corrected chi connectivity index (χ0v) is 11.5. The molecule has 0 radical (unpaired) electrons. The smallest absolute Gasteiger partial charge is 0.175 e. The Kier molecular flexibility index (Phi) is 3.76. The first-order valence-electron chi connectivity index (χ1n) is 6.18. The number of benzene rings is 1. The lowest BCUT2D eigenvalue weighted by atomic mass is 10.2. The van der Waals surface area contributed by atoms with Crippen LogP contribution in [0.4, 0.5) is 5.69 Å². The molecule has 5 heteroatoms. The van der Waals surface area contributed by atoms with Crippen molar-refractivity contribution in [3.63, 3.8) is 0 Å². The van der Waals surface area contributed by atoms with Crippen LogP contribution in [0.5, 0.6) is 5.75 Å². The SMILES string of the molecule is CC(=O)c1cc2cc(OCCN(C)C)cc(N)c2[nH]1. The second-order valence-corrected chi connectivity index (χ2v) is 4.87. The standard InChI is InChI=1S/C14H19N3O2/c1-9(18)13-7-10-6-11(19-5-4-17(2)3)8-12(15)14(10)16-13/h6-8,16H,4-5,15H2,1-3H3. The van der Waals surface area contributed by atoms with E-state index in [0.29, 0.717) is 18.0 Å². The van der Waals surface area contributed by atoms with E-state index in [1.807, 2.05) is 25.1 Å². The number of Topliss-reactive ketones (excluding diaryl/α,β-unsaturated/α-hetero) is 1. The maximum Gasteiger partial charge on any atom is 0.175 e. The van der Waals surface area contributed by atoms with E-state index in [2.05, 4.69) is 4.98 Å². The number of hydrogen-bond donors (Lipinski definition) is 2. The molecule has 5 nitrogen and oxygen atoms in total. The van der Waals surface area contributed by atoms with Crippen LogP contribution in [0.25, 0.3) is 10.9 Å². The molecule has 3 N–H and O–H groups in total. The number of H-pyrrole nitrogens is 1. The number of nitrogens with two attached hydrogens (primary N) is 1. The fourth-order valence-electron chi connectivity index (χ4n) is 1.86. The number of likely N-dealkylation sites (N-methyl/N-ethyl adjacent to an activating group) is 1. The van der Waals surface area contributed by atoms with E-state index in [4.69, 9.17) is 10.5 Å². The Morgan fingerprint density at radius 1 is 1.37 bits per heavy atom. The van der Waals surface area contributed by atoms with Crippen LogP contribution < -0.4 is 10.5 Å². The van der Waals surface area contributed by atoms with Gasteiger partial charge in [0.2, 0.25) is 0 Å². The van der Waals surface area contributed by atoms with Crippen LogP contribution in [-0.4, -0.2) is 42.9 Å². The van der Waals surface area contributed by atoms with Crippen molar-refractivity contribution in [2.24, 2.45) is 0 Å². The zero-order valence-electron chi connectivity index (χ0n) is 11.5. The minimum atomic E-state index is -0.00863. The van der Waals surface area contributed by atoms with Gasteiger partial charge in [-0.05, 0) is 26.2 Å². The van der Waals surface area contributed by atoms with Gasteiger partial charge in [0, 0.05) is 24.9 Å². The van der Waals surface area contributed by atoms with Gasteiger partial charge in [0.05, 0.1) is 16.9 Å². The third-order valence-corrected chi connectivity index (χ3v) is 2.92. The maximum absolute atomic E-state index is 11.3. The molecular formula is C14H19N3O2. The summed E-state index contributed by atoms with van der Waals surface area (Å²) in [5.41, 5.74) is 7.90. The molecule has 1 aromatic carbocycles. The van der Waals surface area contributed by atoms with Crippen LogP contribution in [0.3, 0.4) is 0 Å². The third-order valence-electron chi connectivity index (χ3n) is 2.92. The molecule has 0 amide bonds. The molecule has 2 aromatic rings. The highest BCUT2D eigenvalue weighted by Gasteiger charge is 2.09. The Morgan fingerprint density at radius 2 is 2.11 bits per heavy atom. The van der Waals surface area contributed by atoms with Crippen LogP contribution >= 0.6 is 0 Å². The molecular weight excluding hydrogens is 242 g/mol. The van der Waals surface area contributed by atoms with Gasteiger partial charge < -0.3 is 20.4 Å². The number of hydrogen-bond acceptors (Lipinski definition) is 4. The van der Waals surface area contributed by atoms with Crippen LogP contribution in [0, 0.1) is 0 Å². The van der Waals surface area contributed by atoms with Crippen molar-refractivity contribution in [3.05, 3.63) is 23.9 Å². The number of fused-ring (bicyclic) bond motifs is 1. The van der Waals surface area contributed by atoms with Crippen molar-refractivity contribution >= 4 is 22.4 Å². The normalized spacial score (nSPS) is 11.2. The van der Waals surface area contributed by atoms with Crippen molar-refractivity contribution in [3.8, 4) is 5.75 Å². The lowest BCUT2D eigenvalue weighted by molar-refractivity contribution is 0.101. The quantitative estimate of drug-likeness (QED) is 0.637. The molecule has 1 aromatic heterocycles. The average Bonchev–Trinajstić information content (AvgIpc) is 2.73. The monoisotopic (exact) mass is 261 g/mol. The summed E-state index contributed by atoms with van der Waals surface area (Å²) in [4.78, 5) is 16.4. The Bertz CT molecular complexity index is 602. The lowest BCUT2D eigenvalue weighted by Gasteiger charge is -2.11. The lowest BCUT2D eigenvalue weighted by Crippen LogP contribution is -2.19. The molecule has 0 aliphatic heterocycles. The highest BCUT2D eigenvalue weighted by Crippen LogP contribution is 2.27. The fourth-order valence-corrected chi connectivity index (χ4v) is 1.86. The number of anilines is 1. The van der Waals surface area contributed by atoms with E-state index in [-0.39, 0.29) is 5.78 Å². The Morgan fingerprint density at radius 3 is 2.74 bits per heavy atom. The Balaban J connectivity index is 2.25. The highest BCUT2D eigenvalue weighted by atomic mass is 16.5. The number of nitrogen functional groups attached to an aromatic ring is 1. The predicted octanol–water partition coefficient (Wildman–Crippen LogP) is 1.89. The van der Waals surface area contributed by atoms with Crippen LogP contribution in [0.1, 0.15) is 17.4 Å². The summed E-state index contributed by atoms with van der Waals surface area (Å²) >= 11 is 0. The summed E-state index contributed by atoms with van der Waals surface area (Å²) in [6.07, 6.45) is 0. The molecule has 0 aliphatic carbocycles. The maximum atomic E-state index is 11.3. The number of carbonyl (C=O) groups excluding carboxylic acids is 1. The van der Waals surface area contributed by atoms with Crippen LogP contribution in [0.15, 0.2) is 18.2 Å². The molecule has 0 spiro atoms. The van der Waals surface area contributed by atoms with E-state index in [1.54, 1.807) is 12.1 Å². The van der Waals surface area contributed by atoms with E-state index in [0.717, 1.165) is 23.2 Å².